The van der Waals surface area contributed by atoms with Gasteiger partial charge in [-0.25, -0.2) is 4.79 Å². The van der Waals surface area contributed by atoms with Crippen molar-refractivity contribution in [3.05, 3.63) is 16.3 Å². The highest BCUT2D eigenvalue weighted by Gasteiger charge is 2.11. The molecule has 1 aromatic heterocycles. The monoisotopic (exact) mass is 201 g/mol. The molecular formula is C8H11NO3S. The average Bonchev–Trinajstić information content (AvgIpc) is 2.53. The molecule has 0 spiro atoms. The molecule has 0 aliphatic rings. The van der Waals surface area contributed by atoms with Crippen molar-refractivity contribution < 1.29 is 14.6 Å². The Balaban J connectivity index is 2.55. The number of aromatic carboxylic acids is 1. The van der Waals surface area contributed by atoms with Crippen molar-refractivity contribution in [2.24, 2.45) is 5.73 Å². The zero-order valence-corrected chi connectivity index (χ0v) is 7.84. The van der Waals surface area contributed by atoms with Gasteiger partial charge >= 0.3 is 5.97 Å². The minimum Gasteiger partial charge on any atom is -0.492 e. The van der Waals surface area contributed by atoms with Crippen molar-refractivity contribution in [1.82, 2.24) is 0 Å². The molecule has 72 valence electrons. The van der Waals surface area contributed by atoms with Crippen LogP contribution in [0.4, 0.5) is 0 Å². The predicted molar refractivity (Wildman–Crippen MR) is 50.4 cm³/mol. The molecular weight excluding hydrogens is 190 g/mol. The Morgan fingerprint density at radius 2 is 2.46 bits per heavy atom. The van der Waals surface area contributed by atoms with Crippen LogP contribution in [0.3, 0.4) is 0 Å². The molecule has 0 atom stereocenters. The van der Waals surface area contributed by atoms with Crippen LogP contribution in [0.25, 0.3) is 0 Å². The van der Waals surface area contributed by atoms with E-state index < -0.39 is 5.97 Å². The molecule has 0 unspecified atom stereocenters. The fraction of sp³-hybridized carbons (Fsp3) is 0.375. The minimum absolute atomic E-state index is 0.247. The average molecular weight is 201 g/mol. The van der Waals surface area contributed by atoms with E-state index in [9.17, 15) is 4.79 Å². The van der Waals surface area contributed by atoms with Gasteiger partial charge in [0.05, 0.1) is 6.61 Å². The Morgan fingerprint density at radius 1 is 1.69 bits per heavy atom. The standard InChI is InChI=1S/C8H11NO3S/c9-3-1-4-12-6-2-5-13-7(6)8(10)11/h2,5H,1,3-4,9H2,(H,10,11). The maximum atomic E-state index is 10.6. The second kappa shape index (κ2) is 4.84. The second-order valence-corrected chi connectivity index (χ2v) is 3.33. The summed E-state index contributed by atoms with van der Waals surface area (Å²) in [6.07, 6.45) is 0.731. The molecule has 0 aromatic carbocycles. The topological polar surface area (TPSA) is 72.5 Å². The van der Waals surface area contributed by atoms with Gasteiger partial charge in [-0.2, -0.15) is 0 Å². The van der Waals surface area contributed by atoms with Crippen molar-refractivity contribution in [2.45, 2.75) is 6.42 Å². The second-order valence-electron chi connectivity index (χ2n) is 2.41. The smallest absolute Gasteiger partial charge is 0.349 e. The highest BCUT2D eigenvalue weighted by molar-refractivity contribution is 7.12. The molecule has 1 aromatic rings. The molecule has 4 nitrogen and oxygen atoms in total. The molecule has 0 amide bonds. The fourth-order valence-electron chi connectivity index (χ4n) is 0.833. The van der Waals surface area contributed by atoms with Gasteiger partial charge in [0, 0.05) is 0 Å². The third-order valence-corrected chi connectivity index (χ3v) is 2.31. The Bertz CT molecular complexity index is 285. The van der Waals surface area contributed by atoms with Gasteiger partial charge in [-0.15, -0.1) is 11.3 Å². The first-order chi connectivity index (χ1) is 6.25. The number of carbonyl (C=O) groups is 1. The minimum atomic E-state index is -0.947. The fourth-order valence-corrected chi connectivity index (χ4v) is 1.50. The lowest BCUT2D eigenvalue weighted by Gasteiger charge is -2.03. The molecule has 0 fully saturated rings. The zero-order valence-electron chi connectivity index (χ0n) is 7.03. The van der Waals surface area contributed by atoms with Crippen LogP contribution >= 0.6 is 11.3 Å². The third kappa shape index (κ3) is 2.71. The molecule has 0 aliphatic heterocycles. The van der Waals surface area contributed by atoms with Crippen molar-refractivity contribution in [1.29, 1.82) is 0 Å². The quantitative estimate of drug-likeness (QED) is 0.701. The van der Waals surface area contributed by atoms with Crippen LogP contribution in [0.15, 0.2) is 11.4 Å². The molecule has 13 heavy (non-hydrogen) atoms. The van der Waals surface area contributed by atoms with Gasteiger partial charge in [0.15, 0.2) is 4.88 Å². The maximum absolute atomic E-state index is 10.6. The van der Waals surface area contributed by atoms with Gasteiger partial charge in [-0.1, -0.05) is 0 Å². The number of ether oxygens (including phenoxy) is 1. The summed E-state index contributed by atoms with van der Waals surface area (Å²) in [5.41, 5.74) is 5.27. The van der Waals surface area contributed by atoms with Gasteiger partial charge in [0.25, 0.3) is 0 Å². The normalized spacial score (nSPS) is 9.92. The summed E-state index contributed by atoms with van der Waals surface area (Å²) >= 11 is 1.16. The molecule has 0 aliphatic carbocycles. The first-order valence-corrected chi connectivity index (χ1v) is 4.77. The van der Waals surface area contributed by atoms with Crippen LogP contribution in [-0.2, 0) is 0 Å². The largest absolute Gasteiger partial charge is 0.492 e. The van der Waals surface area contributed by atoms with E-state index in [4.69, 9.17) is 15.6 Å². The highest BCUT2D eigenvalue weighted by atomic mass is 32.1. The van der Waals surface area contributed by atoms with Crippen molar-refractivity contribution in [3.8, 4) is 5.75 Å². The van der Waals surface area contributed by atoms with Gasteiger partial charge < -0.3 is 15.6 Å². The number of thiophene rings is 1. The van der Waals surface area contributed by atoms with Crippen LogP contribution in [0, 0.1) is 0 Å². The summed E-state index contributed by atoms with van der Waals surface area (Å²) in [7, 11) is 0. The summed E-state index contributed by atoms with van der Waals surface area (Å²) in [6, 6.07) is 1.66. The third-order valence-electron chi connectivity index (χ3n) is 1.43. The number of hydrogen-bond donors (Lipinski definition) is 2. The number of carboxylic acid groups (broad SMARTS) is 1. The van der Waals surface area contributed by atoms with Crippen molar-refractivity contribution in [2.75, 3.05) is 13.2 Å². The molecule has 3 N–H and O–H groups in total. The number of hydrogen-bond acceptors (Lipinski definition) is 4. The lowest BCUT2D eigenvalue weighted by Crippen LogP contribution is -2.07. The van der Waals surface area contributed by atoms with Gasteiger partial charge in [-0.3, -0.25) is 0 Å². The van der Waals surface area contributed by atoms with Crippen LogP contribution in [0.5, 0.6) is 5.75 Å². The Kier molecular flexibility index (Phi) is 3.72. The van der Waals surface area contributed by atoms with Gasteiger partial charge in [0.2, 0.25) is 0 Å². The molecule has 0 saturated heterocycles. The Labute approximate surface area is 79.9 Å². The van der Waals surface area contributed by atoms with Crippen LogP contribution in [0.2, 0.25) is 0 Å². The zero-order chi connectivity index (χ0) is 9.68. The molecule has 5 heteroatoms. The summed E-state index contributed by atoms with van der Waals surface area (Å²) in [6.45, 7) is 1.01. The van der Waals surface area contributed by atoms with E-state index in [1.807, 2.05) is 0 Å². The first-order valence-electron chi connectivity index (χ1n) is 3.89. The molecule has 0 radical (unpaired) electrons. The van der Waals surface area contributed by atoms with E-state index in [0.29, 0.717) is 18.9 Å². The van der Waals surface area contributed by atoms with E-state index in [1.54, 1.807) is 11.4 Å². The van der Waals surface area contributed by atoms with Crippen LogP contribution in [0.1, 0.15) is 16.1 Å². The summed E-state index contributed by atoms with van der Waals surface area (Å²) in [5.74, 6) is -0.510. The Hall–Kier alpha value is -1.07. The van der Waals surface area contributed by atoms with E-state index in [1.165, 1.54) is 0 Å². The molecule has 1 rings (SSSR count). The Morgan fingerprint density at radius 3 is 3.08 bits per heavy atom. The van der Waals surface area contributed by atoms with Gasteiger partial charge in [0.1, 0.15) is 5.75 Å². The summed E-state index contributed by atoms with van der Waals surface area (Å²) in [5, 5.41) is 10.4. The number of carboxylic acids is 1. The van der Waals surface area contributed by atoms with E-state index in [0.717, 1.165) is 17.8 Å². The number of rotatable bonds is 5. The molecule has 0 saturated carbocycles. The predicted octanol–water partition coefficient (Wildman–Crippen LogP) is 1.17. The van der Waals surface area contributed by atoms with Crippen molar-refractivity contribution in [3.63, 3.8) is 0 Å². The highest BCUT2D eigenvalue weighted by Crippen LogP contribution is 2.24. The van der Waals surface area contributed by atoms with E-state index in [-0.39, 0.29) is 4.88 Å². The van der Waals surface area contributed by atoms with Crippen molar-refractivity contribution >= 4 is 17.3 Å². The molecule has 1 heterocycles. The number of nitrogens with two attached hydrogens (primary N) is 1. The van der Waals surface area contributed by atoms with Crippen LogP contribution in [-0.4, -0.2) is 24.2 Å². The lowest BCUT2D eigenvalue weighted by molar-refractivity contribution is 0.0698. The van der Waals surface area contributed by atoms with E-state index >= 15 is 0 Å². The van der Waals surface area contributed by atoms with Gasteiger partial charge in [-0.05, 0) is 24.4 Å². The lowest BCUT2D eigenvalue weighted by atomic mass is 10.4. The summed E-state index contributed by atoms with van der Waals surface area (Å²) in [4.78, 5) is 10.9. The molecule has 0 bridgehead atoms. The van der Waals surface area contributed by atoms with Crippen LogP contribution < -0.4 is 10.5 Å². The first kappa shape index (κ1) is 10.0. The SMILES string of the molecule is NCCCOc1ccsc1C(=O)O. The summed E-state index contributed by atoms with van der Waals surface area (Å²) < 4.78 is 5.23. The van der Waals surface area contributed by atoms with E-state index in [2.05, 4.69) is 0 Å². The maximum Gasteiger partial charge on any atom is 0.349 e.